The zero-order chi connectivity index (χ0) is 26.5. The molecule has 1 N–H and O–H groups in total. The first-order valence-electron chi connectivity index (χ1n) is 11.4. The molecule has 4 amide bonds. The van der Waals surface area contributed by atoms with E-state index in [1.165, 1.54) is 30.3 Å². The summed E-state index contributed by atoms with van der Waals surface area (Å²) >= 11 is 6.18. The van der Waals surface area contributed by atoms with Crippen molar-refractivity contribution in [3.8, 4) is 5.75 Å². The predicted octanol–water partition coefficient (Wildman–Crippen LogP) is 5.07. The minimum Gasteiger partial charge on any atom is -0.488 e. The lowest BCUT2D eigenvalue weighted by atomic mass is 10.1. The van der Waals surface area contributed by atoms with E-state index in [0.29, 0.717) is 16.3 Å². The van der Waals surface area contributed by atoms with Crippen LogP contribution in [0.15, 0.2) is 72.3 Å². The summed E-state index contributed by atoms with van der Waals surface area (Å²) in [7, 11) is 0. The molecule has 0 radical (unpaired) electrons. The number of hydrogen-bond acceptors (Lipinski definition) is 6. The SMILES string of the molecule is CCOC(=O)c1ccc(N2C(=O)NC(=O)/C(=C\c3cc(Cl)ccc3OCc3ccc(C)cc3)C2=O)cc1. The maximum atomic E-state index is 13.3. The highest BCUT2D eigenvalue weighted by molar-refractivity contribution is 6.39. The van der Waals surface area contributed by atoms with Crippen LogP contribution >= 0.6 is 11.6 Å². The van der Waals surface area contributed by atoms with Gasteiger partial charge in [-0.25, -0.2) is 14.5 Å². The molecule has 1 saturated heterocycles. The molecular formula is C28H23ClN2O6. The van der Waals surface area contributed by atoms with E-state index in [1.807, 2.05) is 31.2 Å². The summed E-state index contributed by atoms with van der Waals surface area (Å²) in [6.07, 6.45) is 1.33. The van der Waals surface area contributed by atoms with Gasteiger partial charge < -0.3 is 9.47 Å². The Bertz CT molecular complexity index is 1400. The molecule has 3 aromatic carbocycles. The predicted molar refractivity (Wildman–Crippen MR) is 138 cm³/mol. The number of ether oxygens (including phenoxy) is 2. The van der Waals surface area contributed by atoms with Crippen LogP contribution in [0, 0.1) is 6.92 Å². The van der Waals surface area contributed by atoms with Gasteiger partial charge >= 0.3 is 12.0 Å². The van der Waals surface area contributed by atoms with Gasteiger partial charge in [0.05, 0.1) is 17.9 Å². The molecule has 1 heterocycles. The number of imide groups is 2. The van der Waals surface area contributed by atoms with E-state index in [1.54, 1.807) is 25.1 Å². The number of benzene rings is 3. The van der Waals surface area contributed by atoms with Gasteiger partial charge in [-0.3, -0.25) is 14.9 Å². The van der Waals surface area contributed by atoms with Crippen molar-refractivity contribution in [3.05, 3.63) is 99.6 Å². The molecule has 1 fully saturated rings. The number of anilines is 1. The number of barbiturate groups is 1. The Kier molecular flexibility index (Phi) is 7.69. The molecule has 37 heavy (non-hydrogen) atoms. The number of rotatable bonds is 7. The molecule has 0 spiro atoms. The number of amides is 4. The molecular weight excluding hydrogens is 496 g/mol. The van der Waals surface area contributed by atoms with Gasteiger partial charge in [0.1, 0.15) is 17.9 Å². The van der Waals surface area contributed by atoms with Crippen LogP contribution in [0.3, 0.4) is 0 Å². The summed E-state index contributed by atoms with van der Waals surface area (Å²) < 4.78 is 10.9. The fourth-order valence-corrected chi connectivity index (χ4v) is 3.80. The highest BCUT2D eigenvalue weighted by Gasteiger charge is 2.37. The number of esters is 1. The van der Waals surface area contributed by atoms with Gasteiger partial charge in [0.15, 0.2) is 0 Å². The van der Waals surface area contributed by atoms with Crippen molar-refractivity contribution in [2.75, 3.05) is 11.5 Å². The standard InChI is InChI=1S/C28H23ClN2O6/c1-3-36-27(34)19-8-11-22(12-9-19)31-26(33)23(25(32)30-28(31)35)15-20-14-21(29)10-13-24(20)37-16-18-6-4-17(2)5-7-18/h4-15H,3,16H2,1-2H3,(H,30,32,35)/b23-15+. The fourth-order valence-electron chi connectivity index (χ4n) is 3.62. The van der Waals surface area contributed by atoms with E-state index in [2.05, 4.69) is 5.32 Å². The summed E-state index contributed by atoms with van der Waals surface area (Å²) in [5.41, 5.74) is 2.61. The van der Waals surface area contributed by atoms with E-state index in [0.717, 1.165) is 16.0 Å². The third kappa shape index (κ3) is 5.87. The van der Waals surface area contributed by atoms with Crippen LogP contribution in [0.25, 0.3) is 6.08 Å². The van der Waals surface area contributed by atoms with Gasteiger partial charge in [-0.1, -0.05) is 41.4 Å². The van der Waals surface area contributed by atoms with Crippen LogP contribution in [0.1, 0.15) is 34.0 Å². The van der Waals surface area contributed by atoms with Gasteiger partial charge in [-0.15, -0.1) is 0 Å². The zero-order valence-corrected chi connectivity index (χ0v) is 20.9. The summed E-state index contributed by atoms with van der Waals surface area (Å²) in [5, 5.41) is 2.55. The van der Waals surface area contributed by atoms with Crippen molar-refractivity contribution < 1.29 is 28.7 Å². The van der Waals surface area contributed by atoms with E-state index < -0.39 is 23.8 Å². The molecule has 0 unspecified atom stereocenters. The average Bonchev–Trinajstić information content (AvgIpc) is 2.87. The number of hydrogen-bond donors (Lipinski definition) is 1. The minimum atomic E-state index is -0.905. The average molecular weight is 519 g/mol. The smallest absolute Gasteiger partial charge is 0.338 e. The number of urea groups is 1. The van der Waals surface area contributed by atoms with Gasteiger partial charge in [-0.05, 0) is 68.0 Å². The fraction of sp³-hybridized carbons (Fsp3) is 0.143. The quantitative estimate of drug-likeness (QED) is 0.266. The Morgan fingerprint density at radius 1 is 1.00 bits per heavy atom. The van der Waals surface area contributed by atoms with E-state index >= 15 is 0 Å². The zero-order valence-electron chi connectivity index (χ0n) is 20.1. The topological polar surface area (TPSA) is 102 Å². The van der Waals surface area contributed by atoms with E-state index in [-0.39, 0.29) is 30.0 Å². The van der Waals surface area contributed by atoms with Crippen LogP contribution in [0.2, 0.25) is 5.02 Å². The molecule has 4 rings (SSSR count). The highest BCUT2D eigenvalue weighted by Crippen LogP contribution is 2.29. The van der Waals surface area contributed by atoms with Crippen molar-refractivity contribution >= 4 is 47.2 Å². The van der Waals surface area contributed by atoms with Crippen LogP contribution in [0.4, 0.5) is 10.5 Å². The van der Waals surface area contributed by atoms with Crippen molar-refractivity contribution in [2.45, 2.75) is 20.5 Å². The molecule has 0 aromatic heterocycles. The Labute approximate surface area is 218 Å². The van der Waals surface area contributed by atoms with Crippen LogP contribution in [0.5, 0.6) is 5.75 Å². The second-order valence-electron chi connectivity index (χ2n) is 8.18. The maximum absolute atomic E-state index is 13.3. The third-order valence-electron chi connectivity index (χ3n) is 5.52. The number of halogens is 1. The summed E-state index contributed by atoms with van der Waals surface area (Å²) in [5.74, 6) is -1.81. The van der Waals surface area contributed by atoms with Gasteiger partial charge in [0.25, 0.3) is 11.8 Å². The number of nitrogens with zero attached hydrogens (tertiary/aromatic N) is 1. The monoisotopic (exact) mass is 518 g/mol. The second kappa shape index (κ2) is 11.1. The molecule has 3 aromatic rings. The van der Waals surface area contributed by atoms with Crippen LogP contribution in [-0.4, -0.2) is 30.4 Å². The number of aryl methyl sites for hydroxylation is 1. The molecule has 0 atom stereocenters. The summed E-state index contributed by atoms with van der Waals surface area (Å²) in [6.45, 7) is 4.15. The van der Waals surface area contributed by atoms with Crippen molar-refractivity contribution in [1.82, 2.24) is 5.32 Å². The molecule has 8 nitrogen and oxygen atoms in total. The largest absolute Gasteiger partial charge is 0.488 e. The normalized spacial score (nSPS) is 14.5. The second-order valence-corrected chi connectivity index (χ2v) is 8.62. The van der Waals surface area contributed by atoms with Gasteiger partial charge in [-0.2, -0.15) is 0 Å². The first-order valence-corrected chi connectivity index (χ1v) is 11.8. The number of carbonyl (C=O) groups is 4. The summed E-state index contributed by atoms with van der Waals surface area (Å²) in [6, 6.07) is 17.5. The summed E-state index contributed by atoms with van der Waals surface area (Å²) in [4.78, 5) is 51.2. The number of carbonyl (C=O) groups excluding carboxylic acids is 4. The molecule has 1 aliphatic heterocycles. The lowest BCUT2D eigenvalue weighted by Crippen LogP contribution is -2.54. The van der Waals surface area contributed by atoms with Crippen molar-refractivity contribution in [1.29, 1.82) is 0 Å². The first-order chi connectivity index (χ1) is 17.8. The van der Waals surface area contributed by atoms with Crippen LogP contribution in [-0.2, 0) is 20.9 Å². The molecule has 9 heteroatoms. The van der Waals surface area contributed by atoms with Gasteiger partial charge in [0.2, 0.25) is 0 Å². The Morgan fingerprint density at radius 3 is 2.38 bits per heavy atom. The molecule has 0 aliphatic carbocycles. The van der Waals surface area contributed by atoms with Crippen LogP contribution < -0.4 is 15.0 Å². The Balaban J connectivity index is 1.62. The highest BCUT2D eigenvalue weighted by atomic mass is 35.5. The maximum Gasteiger partial charge on any atom is 0.338 e. The molecule has 0 saturated carbocycles. The third-order valence-corrected chi connectivity index (χ3v) is 5.76. The van der Waals surface area contributed by atoms with Crippen molar-refractivity contribution in [3.63, 3.8) is 0 Å². The lowest BCUT2D eigenvalue weighted by molar-refractivity contribution is -0.122. The van der Waals surface area contributed by atoms with Gasteiger partial charge in [0, 0.05) is 10.6 Å². The molecule has 1 aliphatic rings. The molecule has 0 bridgehead atoms. The Hall–Kier alpha value is -4.43. The van der Waals surface area contributed by atoms with Crippen molar-refractivity contribution in [2.24, 2.45) is 0 Å². The Morgan fingerprint density at radius 2 is 1.70 bits per heavy atom. The molecule has 188 valence electrons. The lowest BCUT2D eigenvalue weighted by Gasteiger charge is -2.26. The first kappa shape index (κ1) is 25.7. The van der Waals surface area contributed by atoms with E-state index in [9.17, 15) is 19.2 Å². The van der Waals surface area contributed by atoms with E-state index in [4.69, 9.17) is 21.1 Å². The number of nitrogens with one attached hydrogen (secondary N) is 1. The minimum absolute atomic E-state index is 0.177.